The lowest BCUT2D eigenvalue weighted by molar-refractivity contribution is -0.191. The molecule has 16 heavy (non-hydrogen) atoms. The van der Waals surface area contributed by atoms with Gasteiger partial charge in [0.05, 0.1) is 6.61 Å². The van der Waals surface area contributed by atoms with Gasteiger partial charge in [-0.3, -0.25) is 0 Å². The van der Waals surface area contributed by atoms with Crippen LogP contribution in [0.15, 0.2) is 48.3 Å². The second kappa shape index (κ2) is 5.17. The van der Waals surface area contributed by atoms with Crippen molar-refractivity contribution >= 4 is 0 Å². The van der Waals surface area contributed by atoms with E-state index < -0.39 is 5.79 Å². The fraction of sp³-hybridized carbons (Fsp3) is 0.429. The second-order valence-corrected chi connectivity index (χ2v) is 4.03. The third-order valence-electron chi connectivity index (χ3n) is 2.73. The molecular weight excluding hydrogens is 200 g/mol. The lowest BCUT2D eigenvalue weighted by atomic mass is 10.1. The lowest BCUT2D eigenvalue weighted by Gasteiger charge is -2.31. The summed E-state index contributed by atoms with van der Waals surface area (Å²) in [5, 5.41) is 0. The molecule has 2 nitrogen and oxygen atoms in total. The van der Waals surface area contributed by atoms with Crippen LogP contribution in [0.1, 0.15) is 26.2 Å². The average molecular weight is 218 g/mol. The molecule has 0 aromatic carbocycles. The number of hydrogen-bond donors (Lipinski definition) is 0. The molecule has 0 saturated carbocycles. The summed E-state index contributed by atoms with van der Waals surface area (Å²) in [6.07, 6.45) is 17.2. The highest BCUT2D eigenvalue weighted by atomic mass is 16.7. The minimum absolute atomic E-state index is 0.460. The van der Waals surface area contributed by atoms with Gasteiger partial charge in [-0.25, -0.2) is 0 Å². The second-order valence-electron chi connectivity index (χ2n) is 4.03. The van der Waals surface area contributed by atoms with Gasteiger partial charge in [-0.05, 0) is 38.0 Å². The molecule has 1 fully saturated rings. The zero-order valence-corrected chi connectivity index (χ0v) is 9.69. The molecule has 2 aliphatic rings. The molecule has 2 heteroatoms. The van der Waals surface area contributed by atoms with E-state index in [0.717, 1.165) is 25.2 Å². The summed E-state index contributed by atoms with van der Waals surface area (Å²) >= 11 is 0. The Morgan fingerprint density at radius 2 is 2.19 bits per heavy atom. The van der Waals surface area contributed by atoms with Crippen molar-refractivity contribution in [3.8, 4) is 0 Å². The van der Waals surface area contributed by atoms with Gasteiger partial charge in [0, 0.05) is 6.42 Å². The Morgan fingerprint density at radius 3 is 2.94 bits per heavy atom. The highest BCUT2D eigenvalue weighted by molar-refractivity contribution is 5.27. The Kier molecular flexibility index (Phi) is 3.62. The van der Waals surface area contributed by atoms with Crippen molar-refractivity contribution in [1.29, 1.82) is 0 Å². The molecule has 2 heterocycles. The first kappa shape index (κ1) is 11.2. The van der Waals surface area contributed by atoms with E-state index in [4.69, 9.17) is 9.47 Å². The van der Waals surface area contributed by atoms with Gasteiger partial charge in [0.25, 0.3) is 0 Å². The molecule has 2 aliphatic heterocycles. The third kappa shape index (κ3) is 2.64. The van der Waals surface area contributed by atoms with Gasteiger partial charge < -0.3 is 9.47 Å². The minimum Gasteiger partial charge on any atom is -0.459 e. The van der Waals surface area contributed by atoms with E-state index in [0.29, 0.717) is 0 Å². The molecule has 86 valence electrons. The predicted molar refractivity (Wildman–Crippen MR) is 64.8 cm³/mol. The average Bonchev–Trinajstić information content (AvgIpc) is 2.69. The maximum Gasteiger partial charge on any atom is 0.230 e. The van der Waals surface area contributed by atoms with Crippen molar-refractivity contribution in [3.63, 3.8) is 0 Å². The summed E-state index contributed by atoms with van der Waals surface area (Å²) < 4.78 is 11.5. The molecule has 0 radical (unpaired) electrons. The number of rotatable bonds is 2. The fourth-order valence-corrected chi connectivity index (χ4v) is 1.89. The van der Waals surface area contributed by atoms with Crippen molar-refractivity contribution in [2.45, 2.75) is 32.0 Å². The Bertz CT molecular complexity index is 342. The summed E-state index contributed by atoms with van der Waals surface area (Å²) in [5.41, 5.74) is 0. The number of hydrogen-bond acceptors (Lipinski definition) is 2. The van der Waals surface area contributed by atoms with Gasteiger partial charge in [-0.1, -0.05) is 24.3 Å². The normalized spacial score (nSPS) is 32.2. The minimum atomic E-state index is -0.460. The first-order valence-electron chi connectivity index (χ1n) is 5.86. The van der Waals surface area contributed by atoms with Crippen molar-refractivity contribution < 1.29 is 9.47 Å². The molecule has 1 atom stereocenters. The monoisotopic (exact) mass is 218 g/mol. The zero-order valence-electron chi connectivity index (χ0n) is 9.69. The van der Waals surface area contributed by atoms with E-state index >= 15 is 0 Å². The van der Waals surface area contributed by atoms with E-state index in [9.17, 15) is 0 Å². The molecule has 0 bridgehead atoms. The van der Waals surface area contributed by atoms with Crippen LogP contribution in [0.4, 0.5) is 0 Å². The van der Waals surface area contributed by atoms with Gasteiger partial charge in [0.2, 0.25) is 5.79 Å². The Labute approximate surface area is 96.9 Å². The Morgan fingerprint density at radius 1 is 1.25 bits per heavy atom. The molecule has 0 aromatic rings. The van der Waals surface area contributed by atoms with Crippen LogP contribution in [-0.2, 0) is 9.47 Å². The first-order chi connectivity index (χ1) is 7.85. The summed E-state index contributed by atoms with van der Waals surface area (Å²) in [6, 6.07) is 0. The third-order valence-corrected chi connectivity index (χ3v) is 2.73. The smallest absolute Gasteiger partial charge is 0.230 e. The van der Waals surface area contributed by atoms with Gasteiger partial charge >= 0.3 is 0 Å². The quantitative estimate of drug-likeness (QED) is 0.660. The van der Waals surface area contributed by atoms with Crippen molar-refractivity contribution in [2.75, 3.05) is 6.61 Å². The topological polar surface area (TPSA) is 18.5 Å². The number of ether oxygens (including phenoxy) is 2. The van der Waals surface area contributed by atoms with Crippen LogP contribution in [-0.4, -0.2) is 12.4 Å². The molecule has 0 aliphatic carbocycles. The van der Waals surface area contributed by atoms with Crippen LogP contribution in [0.25, 0.3) is 0 Å². The van der Waals surface area contributed by atoms with Gasteiger partial charge in [-0.2, -0.15) is 0 Å². The largest absolute Gasteiger partial charge is 0.459 e. The van der Waals surface area contributed by atoms with Crippen LogP contribution >= 0.6 is 0 Å². The molecule has 1 saturated heterocycles. The zero-order chi connectivity index (χ0) is 11.3. The van der Waals surface area contributed by atoms with Gasteiger partial charge in [0.1, 0.15) is 5.76 Å². The highest BCUT2D eigenvalue weighted by Gasteiger charge is 2.36. The van der Waals surface area contributed by atoms with Crippen LogP contribution in [0.5, 0.6) is 0 Å². The maximum atomic E-state index is 5.82. The van der Waals surface area contributed by atoms with Gasteiger partial charge in [-0.15, -0.1) is 0 Å². The predicted octanol–water partition coefficient (Wildman–Crippen LogP) is 3.49. The van der Waals surface area contributed by atoms with Crippen LogP contribution in [0.3, 0.4) is 0 Å². The molecule has 1 unspecified atom stereocenters. The van der Waals surface area contributed by atoms with E-state index in [2.05, 4.69) is 0 Å². The van der Waals surface area contributed by atoms with E-state index in [1.54, 1.807) is 0 Å². The molecule has 0 N–H and O–H groups in total. The summed E-state index contributed by atoms with van der Waals surface area (Å²) in [5.74, 6) is 0.418. The van der Waals surface area contributed by atoms with Crippen molar-refractivity contribution in [3.05, 3.63) is 48.3 Å². The molecule has 0 aromatic heterocycles. The lowest BCUT2D eigenvalue weighted by Crippen LogP contribution is -2.34. The van der Waals surface area contributed by atoms with E-state index in [1.165, 1.54) is 6.42 Å². The van der Waals surface area contributed by atoms with Crippen LogP contribution < -0.4 is 0 Å². The van der Waals surface area contributed by atoms with Gasteiger partial charge in [0.15, 0.2) is 0 Å². The molecule has 0 amide bonds. The fourth-order valence-electron chi connectivity index (χ4n) is 1.89. The summed E-state index contributed by atoms with van der Waals surface area (Å²) in [6.45, 7) is 2.79. The molecular formula is C14H18O2. The van der Waals surface area contributed by atoms with Crippen LogP contribution in [0, 0.1) is 0 Å². The Hall–Kier alpha value is -1.28. The molecule has 2 rings (SSSR count). The number of allylic oxidation sites excluding steroid dienone is 6. The summed E-state index contributed by atoms with van der Waals surface area (Å²) in [7, 11) is 0. The molecule has 1 spiro atoms. The van der Waals surface area contributed by atoms with Crippen molar-refractivity contribution in [1.82, 2.24) is 0 Å². The Balaban J connectivity index is 1.95. The summed E-state index contributed by atoms with van der Waals surface area (Å²) in [4.78, 5) is 0. The maximum absolute atomic E-state index is 5.82. The SMILES string of the molecule is CC=CC=CC=C1C=CC2(CCCCO2)O1. The standard InChI is InChI=1S/C14H18O2/c1-2-3-4-5-8-13-9-11-14(16-13)10-6-7-12-15-14/h2-5,8-9,11H,6-7,10,12H2,1H3. The van der Waals surface area contributed by atoms with E-state index in [-0.39, 0.29) is 0 Å². The van der Waals surface area contributed by atoms with Crippen molar-refractivity contribution in [2.24, 2.45) is 0 Å². The highest BCUT2D eigenvalue weighted by Crippen LogP contribution is 2.34. The van der Waals surface area contributed by atoms with E-state index in [1.807, 2.05) is 49.5 Å². The first-order valence-corrected chi connectivity index (χ1v) is 5.86. The van der Waals surface area contributed by atoms with Crippen LogP contribution in [0.2, 0.25) is 0 Å².